The summed E-state index contributed by atoms with van der Waals surface area (Å²) < 4.78 is 5.41. The second-order valence-electron chi connectivity index (χ2n) is 5.43. The Morgan fingerprint density at radius 3 is 2.24 bits per heavy atom. The number of carbonyl (C=O) groups excluding carboxylic acids is 2. The maximum atomic E-state index is 11.7. The summed E-state index contributed by atoms with van der Waals surface area (Å²) in [5.74, 6) is 0.0499. The van der Waals surface area contributed by atoms with Crippen molar-refractivity contribution in [3.05, 3.63) is 54.6 Å². The average Bonchev–Trinajstić information content (AvgIpc) is 2.65. The Hall–Kier alpha value is -3.02. The number of ether oxygens (including phenoxy) is 1. The van der Waals surface area contributed by atoms with E-state index in [1.165, 1.54) is 0 Å². The molecular formula is C19H23N3O3. The standard InChI is InChI=1S/C19H23N3O3/c1-2-12-20-18(23)13-21-19(24)14-25-17-10-8-16(9-11-17)22-15-6-4-3-5-7-15/h3-11,22H,2,12-14H2,1H3,(H,20,23)(H,21,24). The Balaban J connectivity index is 1.72. The van der Waals surface area contributed by atoms with Gasteiger partial charge in [0.1, 0.15) is 5.75 Å². The SMILES string of the molecule is CCCNC(=O)CNC(=O)COc1ccc(Nc2ccccc2)cc1. The third-order valence-electron chi connectivity index (χ3n) is 3.30. The van der Waals surface area contributed by atoms with Gasteiger partial charge in [0.25, 0.3) is 5.91 Å². The molecule has 0 aliphatic carbocycles. The van der Waals surface area contributed by atoms with E-state index in [4.69, 9.17) is 4.74 Å². The number of hydrogen-bond acceptors (Lipinski definition) is 4. The second kappa shape index (κ2) is 9.97. The van der Waals surface area contributed by atoms with Gasteiger partial charge in [-0.25, -0.2) is 0 Å². The van der Waals surface area contributed by atoms with Crippen molar-refractivity contribution < 1.29 is 14.3 Å². The Morgan fingerprint density at radius 1 is 0.880 bits per heavy atom. The van der Waals surface area contributed by atoms with Crippen molar-refractivity contribution >= 4 is 23.2 Å². The van der Waals surface area contributed by atoms with Gasteiger partial charge in [0.2, 0.25) is 5.91 Å². The zero-order valence-electron chi connectivity index (χ0n) is 14.2. The molecule has 2 aromatic carbocycles. The molecule has 0 aromatic heterocycles. The number of anilines is 2. The largest absolute Gasteiger partial charge is 0.484 e. The van der Waals surface area contributed by atoms with Crippen molar-refractivity contribution in [3.8, 4) is 5.75 Å². The molecule has 0 atom stereocenters. The molecule has 0 unspecified atom stereocenters. The van der Waals surface area contributed by atoms with Crippen LogP contribution in [-0.2, 0) is 9.59 Å². The first-order valence-electron chi connectivity index (χ1n) is 8.25. The van der Waals surface area contributed by atoms with E-state index in [1.807, 2.05) is 49.4 Å². The number of hydrogen-bond donors (Lipinski definition) is 3. The first-order valence-corrected chi connectivity index (χ1v) is 8.25. The molecule has 2 amide bonds. The van der Waals surface area contributed by atoms with Gasteiger partial charge in [0, 0.05) is 17.9 Å². The average molecular weight is 341 g/mol. The minimum absolute atomic E-state index is 0.0396. The van der Waals surface area contributed by atoms with E-state index in [1.54, 1.807) is 12.1 Å². The highest BCUT2D eigenvalue weighted by Gasteiger charge is 2.06. The van der Waals surface area contributed by atoms with Crippen LogP contribution in [0.1, 0.15) is 13.3 Å². The summed E-state index contributed by atoms with van der Waals surface area (Å²) in [6.07, 6.45) is 0.859. The van der Waals surface area contributed by atoms with Crippen LogP contribution in [-0.4, -0.2) is 31.5 Å². The molecule has 6 heteroatoms. The summed E-state index contributed by atoms with van der Waals surface area (Å²) in [5, 5.41) is 8.47. The van der Waals surface area contributed by atoms with Gasteiger partial charge in [-0.15, -0.1) is 0 Å². The Bertz CT molecular complexity index is 672. The topological polar surface area (TPSA) is 79.5 Å². The molecule has 0 saturated heterocycles. The Labute approximate surface area is 147 Å². The number of para-hydroxylation sites is 1. The molecule has 0 radical (unpaired) electrons. The lowest BCUT2D eigenvalue weighted by molar-refractivity contribution is -0.127. The summed E-state index contributed by atoms with van der Waals surface area (Å²) >= 11 is 0. The van der Waals surface area contributed by atoms with Crippen LogP contribution in [0.5, 0.6) is 5.75 Å². The first-order chi connectivity index (χ1) is 12.2. The third-order valence-corrected chi connectivity index (χ3v) is 3.30. The molecule has 0 fully saturated rings. The van der Waals surface area contributed by atoms with Crippen molar-refractivity contribution in [2.45, 2.75) is 13.3 Å². The van der Waals surface area contributed by atoms with Crippen molar-refractivity contribution in [2.75, 3.05) is 25.0 Å². The molecule has 0 bridgehead atoms. The van der Waals surface area contributed by atoms with E-state index in [2.05, 4.69) is 16.0 Å². The summed E-state index contributed by atoms with van der Waals surface area (Å²) in [6.45, 7) is 2.40. The predicted octanol–water partition coefficient (Wildman–Crippen LogP) is 2.45. The van der Waals surface area contributed by atoms with E-state index in [-0.39, 0.29) is 25.0 Å². The number of benzene rings is 2. The van der Waals surface area contributed by atoms with Crippen LogP contribution in [0.25, 0.3) is 0 Å². The minimum atomic E-state index is -0.335. The van der Waals surface area contributed by atoms with Crippen LogP contribution in [0.2, 0.25) is 0 Å². The van der Waals surface area contributed by atoms with Gasteiger partial charge in [-0.05, 0) is 42.8 Å². The fourth-order valence-electron chi connectivity index (χ4n) is 2.03. The van der Waals surface area contributed by atoms with Gasteiger partial charge >= 0.3 is 0 Å². The molecule has 2 rings (SSSR count). The lowest BCUT2D eigenvalue weighted by atomic mass is 10.2. The van der Waals surface area contributed by atoms with Gasteiger partial charge in [-0.3, -0.25) is 9.59 Å². The normalized spacial score (nSPS) is 9.96. The van der Waals surface area contributed by atoms with Gasteiger partial charge < -0.3 is 20.7 Å². The summed E-state index contributed by atoms with van der Waals surface area (Å²) in [7, 11) is 0. The quantitative estimate of drug-likeness (QED) is 0.654. The zero-order valence-corrected chi connectivity index (χ0v) is 14.2. The van der Waals surface area contributed by atoms with Gasteiger partial charge in [0.05, 0.1) is 6.54 Å². The number of rotatable bonds is 9. The van der Waals surface area contributed by atoms with E-state index in [0.29, 0.717) is 12.3 Å². The fraction of sp³-hybridized carbons (Fsp3) is 0.263. The van der Waals surface area contributed by atoms with Crippen molar-refractivity contribution in [3.63, 3.8) is 0 Å². The molecule has 0 saturated carbocycles. The van der Waals surface area contributed by atoms with Crippen molar-refractivity contribution in [1.29, 1.82) is 0 Å². The smallest absolute Gasteiger partial charge is 0.258 e. The summed E-state index contributed by atoms with van der Waals surface area (Å²) in [5.41, 5.74) is 1.92. The van der Waals surface area contributed by atoms with Crippen LogP contribution >= 0.6 is 0 Å². The molecular weight excluding hydrogens is 318 g/mol. The second-order valence-corrected chi connectivity index (χ2v) is 5.43. The molecule has 2 aromatic rings. The number of nitrogens with one attached hydrogen (secondary N) is 3. The lowest BCUT2D eigenvalue weighted by Crippen LogP contribution is -2.39. The fourth-order valence-corrected chi connectivity index (χ4v) is 2.03. The zero-order chi connectivity index (χ0) is 17.9. The summed E-state index contributed by atoms with van der Waals surface area (Å²) in [6, 6.07) is 17.1. The molecule has 25 heavy (non-hydrogen) atoms. The number of amides is 2. The maximum Gasteiger partial charge on any atom is 0.258 e. The number of carbonyl (C=O) groups is 2. The van der Waals surface area contributed by atoms with Crippen LogP contribution in [0.3, 0.4) is 0 Å². The highest BCUT2D eigenvalue weighted by molar-refractivity contribution is 5.85. The van der Waals surface area contributed by atoms with Crippen LogP contribution in [0, 0.1) is 0 Å². The van der Waals surface area contributed by atoms with Gasteiger partial charge in [-0.2, -0.15) is 0 Å². The van der Waals surface area contributed by atoms with Crippen LogP contribution in [0.4, 0.5) is 11.4 Å². The van der Waals surface area contributed by atoms with E-state index in [9.17, 15) is 9.59 Å². The van der Waals surface area contributed by atoms with E-state index in [0.717, 1.165) is 17.8 Å². The highest BCUT2D eigenvalue weighted by Crippen LogP contribution is 2.19. The molecule has 0 spiro atoms. The van der Waals surface area contributed by atoms with Crippen LogP contribution < -0.4 is 20.7 Å². The Kier molecular flexibility index (Phi) is 7.31. The van der Waals surface area contributed by atoms with E-state index < -0.39 is 0 Å². The van der Waals surface area contributed by atoms with Crippen molar-refractivity contribution in [2.24, 2.45) is 0 Å². The summed E-state index contributed by atoms with van der Waals surface area (Å²) in [4.78, 5) is 23.1. The first kappa shape index (κ1) is 18.3. The maximum absolute atomic E-state index is 11.7. The third kappa shape index (κ3) is 6.95. The van der Waals surface area contributed by atoms with Gasteiger partial charge in [0.15, 0.2) is 6.61 Å². The van der Waals surface area contributed by atoms with Crippen molar-refractivity contribution in [1.82, 2.24) is 10.6 Å². The molecule has 6 nitrogen and oxygen atoms in total. The van der Waals surface area contributed by atoms with Gasteiger partial charge in [-0.1, -0.05) is 25.1 Å². The minimum Gasteiger partial charge on any atom is -0.484 e. The highest BCUT2D eigenvalue weighted by atomic mass is 16.5. The molecule has 0 aliphatic heterocycles. The molecule has 0 heterocycles. The lowest BCUT2D eigenvalue weighted by Gasteiger charge is -2.09. The van der Waals surface area contributed by atoms with E-state index >= 15 is 0 Å². The monoisotopic (exact) mass is 341 g/mol. The Morgan fingerprint density at radius 2 is 1.56 bits per heavy atom. The van der Waals surface area contributed by atoms with Crippen LogP contribution in [0.15, 0.2) is 54.6 Å². The molecule has 0 aliphatic rings. The predicted molar refractivity (Wildman–Crippen MR) is 98.0 cm³/mol. The molecule has 3 N–H and O–H groups in total. The molecule has 132 valence electrons.